The standard InChI is InChI=1S/C22H27BN6O4S/c1-12(30)21(31)28-5-2-13(3-6-28)4-7-29-20-18(19(24)25-10-26-20)27-22(29)34-17-9-16-15(8-14(17)23)32-11-33-16/h8-10,12-13,30H,2-7,11,23H2,1H3,(H2,24,25,26)/t12-/m0/s1. The van der Waals surface area contributed by atoms with E-state index >= 15 is 0 Å². The van der Waals surface area contributed by atoms with Crippen molar-refractivity contribution < 1.29 is 19.4 Å². The fourth-order valence-corrected chi connectivity index (χ4v) is 5.47. The molecule has 1 saturated heterocycles. The molecular formula is C22H27BN6O4S. The number of aliphatic hydroxyl groups is 1. The van der Waals surface area contributed by atoms with Gasteiger partial charge in [-0.25, -0.2) is 15.0 Å². The molecule has 3 aromatic rings. The third-order valence-electron chi connectivity index (χ3n) is 6.44. The molecule has 5 rings (SSSR count). The second-order valence-corrected chi connectivity index (χ2v) is 9.79. The monoisotopic (exact) mass is 482 g/mol. The fourth-order valence-electron chi connectivity index (χ4n) is 4.46. The Morgan fingerprint density at radius 2 is 2.03 bits per heavy atom. The van der Waals surface area contributed by atoms with Crippen LogP contribution in [0.2, 0.25) is 0 Å². The molecule has 34 heavy (non-hydrogen) atoms. The van der Waals surface area contributed by atoms with Crippen molar-refractivity contribution in [3.05, 3.63) is 18.5 Å². The largest absolute Gasteiger partial charge is 0.454 e. The summed E-state index contributed by atoms with van der Waals surface area (Å²) in [5.41, 5.74) is 8.50. The Hall–Kier alpha value is -2.99. The maximum Gasteiger partial charge on any atom is 0.251 e. The number of rotatable bonds is 6. The molecule has 1 amide bonds. The van der Waals surface area contributed by atoms with Gasteiger partial charge in [-0.2, -0.15) is 0 Å². The SMILES string of the molecule is Bc1cc2c(cc1Sc1nc3c(N)ncnc3n1CCC1CCN(C(=O)[C@H](C)O)CC1)OCO2. The lowest BCUT2D eigenvalue weighted by molar-refractivity contribution is -0.140. The molecule has 10 nitrogen and oxygen atoms in total. The number of nitrogens with zero attached hydrogens (tertiary/aromatic N) is 5. The van der Waals surface area contributed by atoms with E-state index in [1.807, 2.05) is 20.0 Å². The van der Waals surface area contributed by atoms with E-state index < -0.39 is 6.10 Å². The zero-order chi connectivity index (χ0) is 23.8. The molecule has 0 unspecified atom stereocenters. The van der Waals surface area contributed by atoms with Crippen LogP contribution in [-0.2, 0) is 11.3 Å². The lowest BCUT2D eigenvalue weighted by atomic mass is 9.93. The number of carbonyl (C=O) groups excluding carboxylic acids is 1. The summed E-state index contributed by atoms with van der Waals surface area (Å²) in [6.07, 6.45) is 3.27. The Bertz CT molecular complexity index is 1230. The molecule has 12 heteroatoms. The number of benzene rings is 1. The number of aromatic nitrogens is 4. The molecule has 178 valence electrons. The number of hydrogen-bond acceptors (Lipinski definition) is 9. The molecule has 0 aliphatic carbocycles. The second kappa shape index (κ2) is 9.34. The number of fused-ring (bicyclic) bond motifs is 2. The fraction of sp³-hybridized carbons (Fsp3) is 0.455. The van der Waals surface area contributed by atoms with Gasteiger partial charge in [-0.15, -0.1) is 0 Å². The smallest absolute Gasteiger partial charge is 0.251 e. The highest BCUT2D eigenvalue weighted by atomic mass is 32.2. The van der Waals surface area contributed by atoms with Crippen LogP contribution >= 0.6 is 11.8 Å². The molecule has 0 saturated carbocycles. The van der Waals surface area contributed by atoms with Crippen LogP contribution in [0.25, 0.3) is 11.2 Å². The van der Waals surface area contributed by atoms with Gasteiger partial charge >= 0.3 is 0 Å². The van der Waals surface area contributed by atoms with Gasteiger partial charge in [0.2, 0.25) is 6.79 Å². The predicted molar refractivity (Wildman–Crippen MR) is 130 cm³/mol. The van der Waals surface area contributed by atoms with E-state index in [9.17, 15) is 9.90 Å². The van der Waals surface area contributed by atoms with Crippen LogP contribution in [0.15, 0.2) is 28.5 Å². The highest BCUT2D eigenvalue weighted by Crippen LogP contribution is 2.37. The van der Waals surface area contributed by atoms with Gasteiger partial charge in [-0.1, -0.05) is 17.2 Å². The topological polar surface area (TPSA) is 129 Å². The number of aliphatic hydroxyl groups excluding tert-OH is 1. The van der Waals surface area contributed by atoms with Crippen LogP contribution in [0.5, 0.6) is 11.5 Å². The van der Waals surface area contributed by atoms with Gasteiger partial charge in [0.1, 0.15) is 20.3 Å². The minimum absolute atomic E-state index is 0.191. The lowest BCUT2D eigenvalue weighted by Gasteiger charge is -2.32. The van der Waals surface area contributed by atoms with Crippen LogP contribution < -0.4 is 20.7 Å². The molecule has 2 aromatic heterocycles. The number of imidazole rings is 1. The van der Waals surface area contributed by atoms with Crippen molar-refractivity contribution >= 4 is 48.0 Å². The first kappa shape index (κ1) is 22.8. The number of piperidine rings is 1. The number of anilines is 1. The molecule has 0 spiro atoms. The van der Waals surface area contributed by atoms with Crippen LogP contribution in [0.1, 0.15) is 26.2 Å². The lowest BCUT2D eigenvalue weighted by Crippen LogP contribution is -2.43. The number of ether oxygens (including phenoxy) is 2. The Balaban J connectivity index is 1.36. The van der Waals surface area contributed by atoms with E-state index in [1.165, 1.54) is 13.3 Å². The van der Waals surface area contributed by atoms with Crippen LogP contribution in [0.3, 0.4) is 0 Å². The Morgan fingerprint density at radius 3 is 2.76 bits per heavy atom. The van der Waals surface area contributed by atoms with E-state index in [0.29, 0.717) is 30.3 Å². The van der Waals surface area contributed by atoms with Gasteiger partial charge in [0.25, 0.3) is 5.91 Å². The number of nitrogens with two attached hydrogens (primary N) is 1. The molecule has 3 N–H and O–H groups in total. The molecule has 4 heterocycles. The van der Waals surface area contributed by atoms with Crippen molar-refractivity contribution in [2.24, 2.45) is 5.92 Å². The van der Waals surface area contributed by atoms with Crippen molar-refractivity contribution in [1.82, 2.24) is 24.4 Å². The van der Waals surface area contributed by atoms with Crippen molar-refractivity contribution in [2.75, 3.05) is 25.6 Å². The molecule has 0 radical (unpaired) electrons. The average Bonchev–Trinajstić information content (AvgIpc) is 3.42. The number of likely N-dealkylation sites (tertiary alicyclic amines) is 1. The predicted octanol–water partition coefficient (Wildman–Crippen LogP) is 0.556. The molecule has 1 atom stereocenters. The van der Waals surface area contributed by atoms with Crippen LogP contribution in [0.4, 0.5) is 5.82 Å². The third-order valence-corrected chi connectivity index (χ3v) is 7.60. The molecule has 1 aromatic carbocycles. The summed E-state index contributed by atoms with van der Waals surface area (Å²) >= 11 is 1.55. The number of nitrogen functional groups attached to an aromatic ring is 1. The Kier molecular flexibility index (Phi) is 6.26. The van der Waals surface area contributed by atoms with Gasteiger partial charge in [-0.3, -0.25) is 4.79 Å². The van der Waals surface area contributed by atoms with E-state index in [2.05, 4.69) is 14.5 Å². The van der Waals surface area contributed by atoms with Gasteiger partial charge in [0, 0.05) is 24.5 Å². The van der Waals surface area contributed by atoms with Crippen molar-refractivity contribution in [1.29, 1.82) is 0 Å². The van der Waals surface area contributed by atoms with Crippen LogP contribution in [-0.4, -0.2) is 69.3 Å². The van der Waals surface area contributed by atoms with E-state index in [0.717, 1.165) is 58.5 Å². The van der Waals surface area contributed by atoms with Gasteiger partial charge in [-0.05, 0) is 44.2 Å². The van der Waals surface area contributed by atoms with Crippen molar-refractivity contribution in [3.8, 4) is 11.5 Å². The molecule has 2 aliphatic rings. The zero-order valence-corrected chi connectivity index (χ0v) is 20.0. The van der Waals surface area contributed by atoms with Crippen molar-refractivity contribution in [2.45, 2.75) is 48.9 Å². The van der Waals surface area contributed by atoms with Crippen molar-refractivity contribution in [3.63, 3.8) is 0 Å². The summed E-state index contributed by atoms with van der Waals surface area (Å²) in [5, 5.41) is 10.4. The highest BCUT2D eigenvalue weighted by molar-refractivity contribution is 7.99. The Morgan fingerprint density at radius 1 is 1.29 bits per heavy atom. The summed E-state index contributed by atoms with van der Waals surface area (Å²) in [6.45, 7) is 3.83. The first-order chi connectivity index (χ1) is 16.4. The summed E-state index contributed by atoms with van der Waals surface area (Å²) in [6, 6.07) is 3.96. The normalized spacial score (nSPS) is 16.8. The number of aryl methyl sites for hydroxylation is 1. The molecule has 0 bridgehead atoms. The first-order valence-electron chi connectivity index (χ1n) is 11.4. The van der Waals surface area contributed by atoms with E-state index in [1.54, 1.807) is 16.7 Å². The summed E-state index contributed by atoms with van der Waals surface area (Å²) in [7, 11) is 2.04. The second-order valence-electron chi connectivity index (χ2n) is 8.78. The number of hydrogen-bond donors (Lipinski definition) is 2. The highest BCUT2D eigenvalue weighted by Gasteiger charge is 2.26. The maximum absolute atomic E-state index is 12.1. The summed E-state index contributed by atoms with van der Waals surface area (Å²) < 4.78 is 13.2. The third kappa shape index (κ3) is 4.39. The molecule has 1 fully saturated rings. The zero-order valence-electron chi connectivity index (χ0n) is 19.2. The average molecular weight is 482 g/mol. The van der Waals surface area contributed by atoms with Gasteiger partial charge < -0.3 is 29.8 Å². The van der Waals surface area contributed by atoms with E-state index in [4.69, 9.17) is 20.2 Å². The molecular weight excluding hydrogens is 455 g/mol. The van der Waals surface area contributed by atoms with Crippen LogP contribution in [0, 0.1) is 5.92 Å². The quantitative estimate of drug-likeness (QED) is 0.484. The Labute approximate surface area is 202 Å². The first-order valence-corrected chi connectivity index (χ1v) is 12.2. The maximum atomic E-state index is 12.1. The number of carbonyl (C=O) groups is 1. The minimum atomic E-state index is -0.946. The van der Waals surface area contributed by atoms with Gasteiger partial charge in [0.15, 0.2) is 33.6 Å². The minimum Gasteiger partial charge on any atom is -0.454 e. The summed E-state index contributed by atoms with van der Waals surface area (Å²) in [5.74, 6) is 2.13. The molecule has 2 aliphatic heterocycles. The van der Waals surface area contributed by atoms with E-state index in [-0.39, 0.29) is 12.7 Å². The van der Waals surface area contributed by atoms with Gasteiger partial charge in [0.05, 0.1) is 0 Å². The number of amides is 1. The summed E-state index contributed by atoms with van der Waals surface area (Å²) in [4.78, 5) is 28.2.